The van der Waals surface area contributed by atoms with E-state index < -0.39 is 5.97 Å². The van der Waals surface area contributed by atoms with Gasteiger partial charge in [0.1, 0.15) is 0 Å². The number of nitrogens with zero attached hydrogens (tertiary/aromatic N) is 4. The van der Waals surface area contributed by atoms with E-state index in [4.69, 9.17) is 5.11 Å². The predicted octanol–water partition coefficient (Wildman–Crippen LogP) is 0.722. The van der Waals surface area contributed by atoms with Crippen LogP contribution in [0.15, 0.2) is 30.6 Å². The van der Waals surface area contributed by atoms with E-state index in [1.54, 1.807) is 6.20 Å². The van der Waals surface area contributed by atoms with Crippen LogP contribution in [-0.4, -0.2) is 37.6 Å². The first-order valence-corrected chi connectivity index (χ1v) is 5.94. The number of aromatic carboxylic acids is 1. The van der Waals surface area contributed by atoms with Gasteiger partial charge in [0, 0.05) is 18.8 Å². The molecule has 0 fully saturated rings. The predicted molar refractivity (Wildman–Crippen MR) is 67.6 cm³/mol. The van der Waals surface area contributed by atoms with E-state index in [-0.39, 0.29) is 11.7 Å². The highest BCUT2D eigenvalue weighted by molar-refractivity contribution is 5.84. The number of carboxylic acids is 1. The fourth-order valence-corrected chi connectivity index (χ4v) is 1.64. The molecule has 0 saturated heterocycles. The van der Waals surface area contributed by atoms with E-state index in [1.807, 2.05) is 25.1 Å². The van der Waals surface area contributed by atoms with E-state index >= 15 is 0 Å². The van der Waals surface area contributed by atoms with E-state index in [1.165, 1.54) is 10.9 Å². The van der Waals surface area contributed by atoms with Crippen LogP contribution in [0, 0.1) is 0 Å². The molecule has 2 heterocycles. The molecule has 0 saturated carbocycles. The van der Waals surface area contributed by atoms with Crippen molar-refractivity contribution in [3.63, 3.8) is 0 Å². The van der Waals surface area contributed by atoms with Gasteiger partial charge in [-0.1, -0.05) is 11.3 Å². The van der Waals surface area contributed by atoms with Crippen LogP contribution < -0.4 is 5.32 Å². The first-order valence-electron chi connectivity index (χ1n) is 5.94. The van der Waals surface area contributed by atoms with Gasteiger partial charge in [-0.2, -0.15) is 0 Å². The zero-order valence-electron chi connectivity index (χ0n) is 10.5. The highest BCUT2D eigenvalue weighted by atomic mass is 16.4. The summed E-state index contributed by atoms with van der Waals surface area (Å²) < 4.78 is 1.50. The molecule has 2 aromatic rings. The second-order valence-electron chi connectivity index (χ2n) is 4.10. The van der Waals surface area contributed by atoms with Crippen LogP contribution in [-0.2, 0) is 6.54 Å². The normalized spacial score (nSPS) is 12.3. The summed E-state index contributed by atoms with van der Waals surface area (Å²) in [6.07, 6.45) is 3.17. The summed E-state index contributed by atoms with van der Waals surface area (Å²) in [5, 5.41) is 19.3. The Hall–Kier alpha value is -2.28. The molecule has 1 atom stereocenters. The summed E-state index contributed by atoms with van der Waals surface area (Å²) in [6, 6.07) is 5.90. The second kappa shape index (κ2) is 6.05. The van der Waals surface area contributed by atoms with Gasteiger partial charge in [0.25, 0.3) is 0 Å². The number of rotatable bonds is 6. The molecule has 7 nitrogen and oxygen atoms in total. The van der Waals surface area contributed by atoms with Crippen molar-refractivity contribution >= 4 is 5.97 Å². The second-order valence-corrected chi connectivity index (χ2v) is 4.10. The van der Waals surface area contributed by atoms with Crippen molar-refractivity contribution in [1.29, 1.82) is 0 Å². The quantitative estimate of drug-likeness (QED) is 0.796. The van der Waals surface area contributed by atoms with Gasteiger partial charge in [0.2, 0.25) is 0 Å². The third kappa shape index (κ3) is 3.59. The van der Waals surface area contributed by atoms with Crippen molar-refractivity contribution in [2.45, 2.75) is 19.5 Å². The van der Waals surface area contributed by atoms with Crippen molar-refractivity contribution < 1.29 is 9.90 Å². The highest BCUT2D eigenvalue weighted by Gasteiger charge is 2.08. The van der Waals surface area contributed by atoms with Gasteiger partial charge in [-0.15, -0.1) is 5.10 Å². The van der Waals surface area contributed by atoms with Gasteiger partial charge < -0.3 is 10.4 Å². The minimum absolute atomic E-state index is 0.0437. The molecule has 2 aromatic heterocycles. The summed E-state index contributed by atoms with van der Waals surface area (Å²) in [4.78, 5) is 14.9. The average molecular weight is 261 g/mol. The fourth-order valence-electron chi connectivity index (χ4n) is 1.64. The number of carboxylic acid groups (broad SMARTS) is 1. The van der Waals surface area contributed by atoms with Gasteiger partial charge in [-0.3, -0.25) is 9.67 Å². The highest BCUT2D eigenvalue weighted by Crippen LogP contribution is 2.07. The minimum atomic E-state index is -1.07. The zero-order valence-corrected chi connectivity index (χ0v) is 10.5. The largest absolute Gasteiger partial charge is 0.476 e. The molecular weight excluding hydrogens is 246 g/mol. The Labute approximate surface area is 110 Å². The van der Waals surface area contributed by atoms with Gasteiger partial charge >= 0.3 is 5.97 Å². The van der Waals surface area contributed by atoms with Crippen molar-refractivity contribution in [2.75, 3.05) is 6.54 Å². The maximum absolute atomic E-state index is 10.6. The summed E-state index contributed by atoms with van der Waals surface area (Å²) in [5.74, 6) is -1.07. The van der Waals surface area contributed by atoms with Crippen LogP contribution in [0.5, 0.6) is 0 Å². The summed E-state index contributed by atoms with van der Waals surface area (Å²) in [6.45, 7) is 3.23. The van der Waals surface area contributed by atoms with Gasteiger partial charge in [-0.05, 0) is 19.1 Å². The monoisotopic (exact) mass is 261 g/mol. The first kappa shape index (κ1) is 13.2. The lowest BCUT2D eigenvalue weighted by atomic mass is 10.2. The Morgan fingerprint density at radius 2 is 2.37 bits per heavy atom. The maximum atomic E-state index is 10.6. The molecule has 7 heteroatoms. The Balaban J connectivity index is 1.81. The molecule has 0 unspecified atom stereocenters. The van der Waals surface area contributed by atoms with E-state index in [0.717, 1.165) is 5.69 Å². The summed E-state index contributed by atoms with van der Waals surface area (Å²) in [5.41, 5.74) is 0.921. The van der Waals surface area contributed by atoms with Crippen molar-refractivity contribution in [1.82, 2.24) is 25.3 Å². The number of hydrogen-bond donors (Lipinski definition) is 2. The topological polar surface area (TPSA) is 92.9 Å². The molecule has 19 heavy (non-hydrogen) atoms. The Morgan fingerprint density at radius 3 is 3.00 bits per heavy atom. The third-order valence-corrected chi connectivity index (χ3v) is 2.68. The van der Waals surface area contributed by atoms with Crippen LogP contribution in [0.3, 0.4) is 0 Å². The van der Waals surface area contributed by atoms with Crippen molar-refractivity contribution in [3.8, 4) is 0 Å². The standard InChI is InChI=1S/C12H15N5O2/c1-9(10-4-2-3-5-14-10)13-6-7-17-8-11(12(18)19)15-16-17/h2-5,8-9,13H,6-7H2,1H3,(H,18,19)/t9-/m0/s1. The third-order valence-electron chi connectivity index (χ3n) is 2.68. The number of nitrogens with one attached hydrogen (secondary N) is 1. The lowest BCUT2D eigenvalue weighted by Gasteiger charge is -2.12. The Kier molecular flexibility index (Phi) is 4.19. The number of aromatic nitrogens is 4. The number of carbonyl (C=O) groups is 1. The lowest BCUT2D eigenvalue weighted by molar-refractivity contribution is 0.0690. The van der Waals surface area contributed by atoms with Crippen molar-refractivity contribution in [2.24, 2.45) is 0 Å². The first-order chi connectivity index (χ1) is 9.16. The molecule has 0 amide bonds. The van der Waals surface area contributed by atoms with E-state index in [0.29, 0.717) is 13.1 Å². The molecule has 0 aliphatic carbocycles. The fraction of sp³-hybridized carbons (Fsp3) is 0.333. The van der Waals surface area contributed by atoms with Gasteiger partial charge in [-0.25, -0.2) is 4.79 Å². The maximum Gasteiger partial charge on any atom is 0.358 e. The van der Waals surface area contributed by atoms with Gasteiger partial charge in [0.05, 0.1) is 18.4 Å². The summed E-state index contributed by atoms with van der Waals surface area (Å²) in [7, 11) is 0. The van der Waals surface area contributed by atoms with Crippen LogP contribution >= 0.6 is 0 Å². The Morgan fingerprint density at radius 1 is 1.53 bits per heavy atom. The minimum Gasteiger partial charge on any atom is -0.476 e. The molecule has 0 radical (unpaired) electrons. The number of pyridine rings is 1. The van der Waals surface area contributed by atoms with Gasteiger partial charge in [0.15, 0.2) is 5.69 Å². The van der Waals surface area contributed by atoms with E-state index in [2.05, 4.69) is 20.6 Å². The van der Waals surface area contributed by atoms with Crippen LogP contribution in [0.2, 0.25) is 0 Å². The lowest BCUT2D eigenvalue weighted by Crippen LogP contribution is -2.24. The average Bonchev–Trinajstić information content (AvgIpc) is 2.89. The van der Waals surface area contributed by atoms with Crippen LogP contribution in [0.1, 0.15) is 29.1 Å². The van der Waals surface area contributed by atoms with Crippen molar-refractivity contribution in [3.05, 3.63) is 42.0 Å². The summed E-state index contributed by atoms with van der Waals surface area (Å²) >= 11 is 0. The van der Waals surface area contributed by atoms with Crippen LogP contribution in [0.4, 0.5) is 0 Å². The molecule has 2 rings (SSSR count). The smallest absolute Gasteiger partial charge is 0.358 e. The zero-order chi connectivity index (χ0) is 13.7. The molecule has 0 spiro atoms. The molecule has 0 aliphatic rings. The molecule has 100 valence electrons. The Bertz CT molecular complexity index is 540. The molecule has 0 bridgehead atoms. The molecule has 0 aromatic carbocycles. The molecule has 0 aliphatic heterocycles. The van der Waals surface area contributed by atoms with Crippen LogP contribution in [0.25, 0.3) is 0 Å². The number of hydrogen-bond acceptors (Lipinski definition) is 5. The molecular formula is C12H15N5O2. The van der Waals surface area contributed by atoms with E-state index in [9.17, 15) is 4.79 Å². The molecule has 2 N–H and O–H groups in total. The SMILES string of the molecule is C[C@H](NCCn1cc(C(=O)O)nn1)c1ccccn1.